The van der Waals surface area contributed by atoms with Crippen molar-refractivity contribution in [1.29, 1.82) is 0 Å². The second-order valence-electron chi connectivity index (χ2n) is 8.42. The molecule has 1 aliphatic carbocycles. The van der Waals surface area contributed by atoms with Crippen LogP contribution in [0.2, 0.25) is 0 Å². The number of hydrogen-bond donors (Lipinski definition) is 1. The summed E-state index contributed by atoms with van der Waals surface area (Å²) in [5, 5.41) is 5.14. The highest BCUT2D eigenvalue weighted by molar-refractivity contribution is 7.89. The second-order valence-corrected chi connectivity index (χ2v) is 11.4. The predicted molar refractivity (Wildman–Crippen MR) is 125 cm³/mol. The number of carbonyl (C=O) groups excluding carboxylic acids is 1. The summed E-state index contributed by atoms with van der Waals surface area (Å²) < 4.78 is 27.2. The number of aryl methyl sites for hydroxylation is 1. The Morgan fingerprint density at radius 1 is 1.23 bits per heavy atom. The van der Waals surface area contributed by atoms with Crippen LogP contribution in [0, 0.1) is 12.8 Å². The van der Waals surface area contributed by atoms with E-state index in [9.17, 15) is 13.2 Å². The first-order valence-corrected chi connectivity index (χ1v) is 13.4. The number of nitrogens with one attached hydrogen (secondary N) is 1. The molecule has 1 aromatic heterocycles. The monoisotopic (exact) mass is 461 g/mol. The van der Waals surface area contributed by atoms with Crippen molar-refractivity contribution in [3.63, 3.8) is 0 Å². The van der Waals surface area contributed by atoms with Gasteiger partial charge in [0.2, 0.25) is 15.9 Å². The van der Waals surface area contributed by atoms with Crippen LogP contribution >= 0.6 is 11.3 Å². The van der Waals surface area contributed by atoms with Crippen LogP contribution in [0.1, 0.15) is 48.7 Å². The van der Waals surface area contributed by atoms with Gasteiger partial charge < -0.3 is 5.32 Å². The van der Waals surface area contributed by atoms with E-state index in [1.54, 1.807) is 18.2 Å². The van der Waals surface area contributed by atoms with Crippen molar-refractivity contribution in [3.05, 3.63) is 45.6 Å². The third kappa shape index (κ3) is 4.58. The average Bonchev–Trinajstić information content (AvgIpc) is 3.46. The summed E-state index contributed by atoms with van der Waals surface area (Å²) in [6.45, 7) is 7.57. The molecule has 8 heteroatoms. The largest absolute Gasteiger partial charge is 0.325 e. The van der Waals surface area contributed by atoms with E-state index in [0.29, 0.717) is 37.3 Å². The highest BCUT2D eigenvalue weighted by atomic mass is 32.2. The molecule has 0 radical (unpaired) electrons. The zero-order valence-electron chi connectivity index (χ0n) is 18.4. The summed E-state index contributed by atoms with van der Waals surface area (Å²) in [6, 6.07) is 7.52. The van der Waals surface area contributed by atoms with E-state index in [1.165, 1.54) is 27.6 Å². The number of sulfonamides is 1. The Kier molecular flexibility index (Phi) is 6.53. The quantitative estimate of drug-likeness (QED) is 0.644. The number of hydrogen-bond acceptors (Lipinski definition) is 5. The van der Waals surface area contributed by atoms with Gasteiger partial charge in [-0.25, -0.2) is 8.42 Å². The number of carbonyl (C=O) groups is 1. The molecule has 1 aromatic carbocycles. The molecule has 1 amide bonds. The molecular weight excluding hydrogens is 430 g/mol. The highest BCUT2D eigenvalue weighted by Gasteiger charge is 2.40. The van der Waals surface area contributed by atoms with Gasteiger partial charge in [-0.2, -0.15) is 4.31 Å². The van der Waals surface area contributed by atoms with E-state index in [0.717, 1.165) is 18.5 Å². The van der Waals surface area contributed by atoms with Crippen molar-refractivity contribution in [2.45, 2.75) is 51.0 Å². The van der Waals surface area contributed by atoms with E-state index in [1.807, 2.05) is 32.1 Å². The van der Waals surface area contributed by atoms with Crippen LogP contribution in [0.25, 0.3) is 0 Å². The zero-order chi connectivity index (χ0) is 22.2. The lowest BCUT2D eigenvalue weighted by Gasteiger charge is -2.35. The van der Waals surface area contributed by atoms with Crippen molar-refractivity contribution in [2.24, 2.45) is 5.92 Å². The SMILES string of the molecule is CCN(CC)S(=O)(=O)c1ccc(C)c(NC(=O)CN2CCc3sccc3[C@@H]2C2CC2)c1. The van der Waals surface area contributed by atoms with Gasteiger partial charge in [0.15, 0.2) is 0 Å². The molecule has 1 atom stereocenters. The predicted octanol–water partition coefficient (Wildman–Crippen LogP) is 4.03. The first kappa shape index (κ1) is 22.5. The maximum Gasteiger partial charge on any atom is 0.243 e. The Bertz CT molecular complexity index is 1060. The van der Waals surface area contributed by atoms with Crippen molar-refractivity contribution >= 4 is 33.0 Å². The number of thiophene rings is 1. The third-order valence-corrected chi connectivity index (χ3v) is 9.40. The topological polar surface area (TPSA) is 69.7 Å². The Balaban J connectivity index is 1.50. The van der Waals surface area contributed by atoms with Crippen LogP contribution in [-0.4, -0.2) is 49.7 Å². The number of rotatable bonds is 8. The summed E-state index contributed by atoms with van der Waals surface area (Å²) in [6.07, 6.45) is 3.44. The van der Waals surface area contributed by atoms with E-state index in [-0.39, 0.29) is 10.8 Å². The summed E-state index contributed by atoms with van der Waals surface area (Å²) in [5.74, 6) is 0.551. The van der Waals surface area contributed by atoms with Gasteiger partial charge in [-0.15, -0.1) is 11.3 Å². The fourth-order valence-electron chi connectivity index (χ4n) is 4.52. The Hall–Kier alpha value is -1.74. The molecule has 1 fully saturated rings. The molecule has 168 valence electrons. The molecule has 2 heterocycles. The molecule has 6 nitrogen and oxygen atoms in total. The van der Waals surface area contributed by atoms with Crippen LogP contribution in [0.15, 0.2) is 34.5 Å². The van der Waals surface area contributed by atoms with E-state index >= 15 is 0 Å². The fourth-order valence-corrected chi connectivity index (χ4v) is 6.92. The Morgan fingerprint density at radius 2 is 1.97 bits per heavy atom. The van der Waals surface area contributed by atoms with Gasteiger partial charge in [0.25, 0.3) is 0 Å². The van der Waals surface area contributed by atoms with Crippen molar-refractivity contribution in [3.8, 4) is 0 Å². The van der Waals surface area contributed by atoms with Gasteiger partial charge in [0.1, 0.15) is 0 Å². The normalized spacial score (nSPS) is 19.4. The minimum absolute atomic E-state index is 0.0928. The van der Waals surface area contributed by atoms with Gasteiger partial charge in [0, 0.05) is 36.2 Å². The molecular formula is C23H31N3O3S2. The molecule has 2 aliphatic rings. The van der Waals surface area contributed by atoms with Crippen LogP contribution in [-0.2, 0) is 21.2 Å². The lowest BCUT2D eigenvalue weighted by Crippen LogP contribution is -2.41. The zero-order valence-corrected chi connectivity index (χ0v) is 20.1. The van der Waals surface area contributed by atoms with Gasteiger partial charge in [0.05, 0.1) is 11.4 Å². The molecule has 0 saturated heterocycles. The molecule has 4 rings (SSSR count). The molecule has 1 saturated carbocycles. The lowest BCUT2D eigenvalue weighted by atomic mass is 9.96. The Morgan fingerprint density at radius 3 is 2.65 bits per heavy atom. The molecule has 1 aliphatic heterocycles. The molecule has 2 aromatic rings. The molecule has 0 unspecified atom stereocenters. The third-order valence-electron chi connectivity index (χ3n) is 6.36. The molecule has 1 N–H and O–H groups in total. The summed E-state index contributed by atoms with van der Waals surface area (Å²) in [4.78, 5) is 16.9. The van der Waals surface area contributed by atoms with Crippen molar-refractivity contribution < 1.29 is 13.2 Å². The average molecular weight is 462 g/mol. The standard InChI is InChI=1S/C23H31N3O3S2/c1-4-26(5-2)31(28,29)18-9-6-16(3)20(14-18)24-22(27)15-25-12-10-21-19(11-13-30-21)23(25)17-7-8-17/h6,9,11,13-14,17,23H,4-5,7-8,10,12,15H2,1-3H3,(H,24,27)/t23-/m0/s1. The molecule has 0 bridgehead atoms. The Labute approximate surface area is 189 Å². The number of amides is 1. The maximum atomic E-state index is 13.0. The van der Waals surface area contributed by atoms with Crippen LogP contribution < -0.4 is 5.32 Å². The molecule has 0 spiro atoms. The van der Waals surface area contributed by atoms with Crippen LogP contribution in [0.3, 0.4) is 0 Å². The fraction of sp³-hybridized carbons (Fsp3) is 0.522. The van der Waals surface area contributed by atoms with Gasteiger partial charge >= 0.3 is 0 Å². The molecule has 31 heavy (non-hydrogen) atoms. The number of anilines is 1. The number of fused-ring (bicyclic) bond motifs is 1. The minimum Gasteiger partial charge on any atom is -0.325 e. The van der Waals surface area contributed by atoms with Gasteiger partial charge in [-0.1, -0.05) is 19.9 Å². The number of nitrogens with zero attached hydrogens (tertiary/aromatic N) is 2. The minimum atomic E-state index is -3.57. The van der Waals surface area contributed by atoms with Gasteiger partial charge in [-0.05, 0) is 66.8 Å². The van der Waals surface area contributed by atoms with Crippen LogP contribution in [0.5, 0.6) is 0 Å². The van der Waals surface area contributed by atoms with E-state index < -0.39 is 10.0 Å². The number of benzene rings is 1. The van der Waals surface area contributed by atoms with Crippen molar-refractivity contribution in [2.75, 3.05) is 31.5 Å². The summed E-state index contributed by atoms with van der Waals surface area (Å²) in [5.41, 5.74) is 2.81. The first-order chi connectivity index (χ1) is 14.8. The van der Waals surface area contributed by atoms with Gasteiger partial charge in [-0.3, -0.25) is 9.69 Å². The summed E-state index contributed by atoms with van der Waals surface area (Å²) >= 11 is 1.82. The van der Waals surface area contributed by atoms with Crippen molar-refractivity contribution in [1.82, 2.24) is 9.21 Å². The van der Waals surface area contributed by atoms with E-state index in [2.05, 4.69) is 21.7 Å². The lowest BCUT2D eigenvalue weighted by molar-refractivity contribution is -0.118. The van der Waals surface area contributed by atoms with Crippen LogP contribution in [0.4, 0.5) is 5.69 Å². The smallest absolute Gasteiger partial charge is 0.243 e. The maximum absolute atomic E-state index is 13.0. The second kappa shape index (κ2) is 9.02. The van der Waals surface area contributed by atoms with E-state index in [4.69, 9.17) is 0 Å². The first-order valence-electron chi connectivity index (χ1n) is 11.1. The highest BCUT2D eigenvalue weighted by Crippen LogP contribution is 2.48. The summed E-state index contributed by atoms with van der Waals surface area (Å²) in [7, 11) is -3.57.